The summed E-state index contributed by atoms with van der Waals surface area (Å²) in [5.41, 5.74) is 2.92. The average Bonchev–Trinajstić information content (AvgIpc) is 0.860. The van der Waals surface area contributed by atoms with Gasteiger partial charge in [-0.2, -0.15) is 5.26 Å². The maximum absolute atomic E-state index is 12.2. The molecule has 0 bridgehead atoms. The number of hydrogen-bond acceptors (Lipinski definition) is 43. The number of benzene rings is 2. The smallest absolute Gasteiger partial charge is 0.251 e. The molecule has 139 heavy (non-hydrogen) atoms. The van der Waals surface area contributed by atoms with Crippen molar-refractivity contribution in [3.05, 3.63) is 71.5 Å². The van der Waals surface area contributed by atoms with Crippen LogP contribution in [0.1, 0.15) is 27.9 Å². The lowest BCUT2D eigenvalue weighted by molar-refractivity contribution is -0.122. The second-order valence-corrected chi connectivity index (χ2v) is 28.3. The molecule has 2 amide bonds. The lowest BCUT2D eigenvalue weighted by atomic mass is 10.1. The van der Waals surface area contributed by atoms with Gasteiger partial charge in [-0.3, -0.25) is 9.59 Å². The van der Waals surface area contributed by atoms with Gasteiger partial charge in [0.15, 0.2) is 12.4 Å². The molecule has 0 aliphatic rings. The van der Waals surface area contributed by atoms with E-state index in [4.69, 9.17) is 176 Å². The molecule has 0 atom stereocenters. The maximum Gasteiger partial charge on any atom is 0.251 e. The summed E-state index contributed by atoms with van der Waals surface area (Å²) in [6.07, 6.45) is 1.54. The minimum absolute atomic E-state index is 0.0965. The Hall–Kier alpha value is -6.07. The van der Waals surface area contributed by atoms with Gasteiger partial charge in [-0.05, 0) is 29.8 Å². The highest BCUT2D eigenvalue weighted by Gasteiger charge is 2.10. The number of amides is 2. The van der Waals surface area contributed by atoms with Gasteiger partial charge in [-0.15, -0.1) is 20.4 Å². The summed E-state index contributed by atoms with van der Waals surface area (Å²) >= 11 is 0. The lowest BCUT2D eigenvalue weighted by Gasteiger charge is -2.09. The van der Waals surface area contributed by atoms with Crippen LogP contribution in [0.25, 0.3) is 11.4 Å². The summed E-state index contributed by atoms with van der Waals surface area (Å²) in [6, 6.07) is 16.0. The zero-order valence-corrected chi connectivity index (χ0v) is 82.0. The van der Waals surface area contributed by atoms with Crippen LogP contribution in [0.5, 0.6) is 0 Å². The Balaban J connectivity index is 0.822. The first-order valence-corrected chi connectivity index (χ1v) is 48.1. The fourth-order valence-electron chi connectivity index (χ4n) is 10.5. The van der Waals surface area contributed by atoms with Crippen molar-refractivity contribution >= 4 is 11.8 Å². The van der Waals surface area contributed by atoms with E-state index in [2.05, 4.69) is 42.9 Å². The first-order chi connectivity index (χ1) is 69.2. The summed E-state index contributed by atoms with van der Waals surface area (Å²) in [6.45, 7) is 33.8. The van der Waals surface area contributed by atoms with Crippen molar-refractivity contribution in [2.24, 2.45) is 0 Å². The summed E-state index contributed by atoms with van der Waals surface area (Å²) in [5, 5.41) is 29.5. The molecule has 2 N–H and O–H groups in total. The monoisotopic (exact) mass is 2000 g/mol. The van der Waals surface area contributed by atoms with Gasteiger partial charge in [-0.25, -0.2) is 0 Å². The van der Waals surface area contributed by atoms with E-state index in [0.29, 0.717) is 506 Å². The molecule has 2 aromatic carbocycles. The van der Waals surface area contributed by atoms with Crippen molar-refractivity contribution in [2.45, 2.75) is 13.0 Å². The van der Waals surface area contributed by atoms with E-state index in [1.54, 1.807) is 30.3 Å². The second kappa shape index (κ2) is 109. The molecule has 0 aliphatic carbocycles. The van der Waals surface area contributed by atoms with Gasteiger partial charge in [0.25, 0.3) is 5.91 Å². The number of carbonyl (C=O) groups excluding carboxylic acids is 2. The van der Waals surface area contributed by atoms with Gasteiger partial charge in [0.1, 0.15) is 0 Å². The predicted octanol–water partition coefficient (Wildman–Crippen LogP) is 1.84. The molecule has 45 nitrogen and oxygen atoms in total. The van der Waals surface area contributed by atoms with Crippen LogP contribution in [0.2, 0.25) is 0 Å². The van der Waals surface area contributed by atoms with E-state index in [1.165, 1.54) is 6.33 Å². The number of ether oxygens (including phenoxy) is 36. The zero-order chi connectivity index (χ0) is 98.3. The lowest BCUT2D eigenvalue weighted by Crippen LogP contribution is -2.27. The van der Waals surface area contributed by atoms with Crippen LogP contribution in [0.3, 0.4) is 0 Å². The molecule has 45 heteroatoms. The highest BCUT2D eigenvalue weighted by Crippen LogP contribution is 2.14. The van der Waals surface area contributed by atoms with Gasteiger partial charge in [0.05, 0.1) is 476 Å². The molecular weight excluding hydrogens is 1840 g/mol. The van der Waals surface area contributed by atoms with Crippen molar-refractivity contribution < 1.29 is 180 Å². The van der Waals surface area contributed by atoms with Gasteiger partial charge in [0.2, 0.25) is 11.7 Å². The first kappa shape index (κ1) is 127. The van der Waals surface area contributed by atoms with E-state index >= 15 is 0 Å². The van der Waals surface area contributed by atoms with Crippen LogP contribution in [0.15, 0.2) is 54.9 Å². The largest absolute Gasteiger partial charge is 0.379 e. The molecule has 3 aromatic rings. The number of aromatic nitrogens is 4. The third kappa shape index (κ3) is 95.2. The van der Waals surface area contributed by atoms with Gasteiger partial charge in [-0.1, -0.05) is 30.2 Å². The van der Waals surface area contributed by atoms with Crippen molar-refractivity contribution in [1.29, 1.82) is 5.26 Å². The Bertz CT molecular complexity index is 3080. The second-order valence-electron chi connectivity index (χ2n) is 28.3. The molecule has 0 fully saturated rings. The van der Waals surface area contributed by atoms with Crippen molar-refractivity contribution in [2.75, 3.05) is 482 Å². The fourth-order valence-corrected chi connectivity index (χ4v) is 10.5. The normalized spacial score (nSPS) is 11.5. The number of nitrogens with one attached hydrogen (secondary N) is 2. The molecule has 0 aliphatic heterocycles. The average molecular weight is 2000 g/mol. The highest BCUT2D eigenvalue weighted by molar-refractivity contribution is 5.94. The Morgan fingerprint density at radius 1 is 0.230 bits per heavy atom. The molecule has 800 valence electrons. The van der Waals surface area contributed by atoms with E-state index < -0.39 is 0 Å². The Morgan fingerprint density at radius 3 is 0.612 bits per heavy atom. The topological polar surface area (TPSA) is 466 Å². The third-order valence-corrected chi connectivity index (χ3v) is 17.5. The fraction of sp³-hybridized carbons (Fsp3) is 0.798. The summed E-state index contributed by atoms with van der Waals surface area (Å²) in [5.74, 6) is 5.14. The molecular formula is C94H161N7O38. The summed E-state index contributed by atoms with van der Waals surface area (Å²) in [4.78, 5) is 24.4. The number of rotatable bonds is 115. The number of carbonyl (C=O) groups is 2. The van der Waals surface area contributed by atoms with Gasteiger partial charge < -0.3 is 181 Å². The van der Waals surface area contributed by atoms with E-state index in [-0.39, 0.29) is 18.2 Å². The zero-order valence-electron chi connectivity index (χ0n) is 82.0. The molecule has 0 saturated heterocycles. The van der Waals surface area contributed by atoms with Crippen LogP contribution in [-0.4, -0.2) is 514 Å². The minimum Gasteiger partial charge on any atom is -0.379 e. The first-order valence-electron chi connectivity index (χ1n) is 48.1. The van der Waals surface area contributed by atoms with Crippen LogP contribution in [-0.2, 0) is 182 Å². The van der Waals surface area contributed by atoms with Gasteiger partial charge >= 0.3 is 0 Å². The van der Waals surface area contributed by atoms with Crippen LogP contribution < -0.4 is 10.6 Å². The van der Waals surface area contributed by atoms with Crippen LogP contribution in [0, 0.1) is 23.2 Å². The van der Waals surface area contributed by atoms with Crippen LogP contribution in [0.4, 0.5) is 0 Å². The van der Waals surface area contributed by atoms with Crippen molar-refractivity contribution in [3.63, 3.8) is 0 Å². The summed E-state index contributed by atoms with van der Waals surface area (Å²) in [7, 11) is 0. The SMILES string of the molecule is N#CC#Cc1ccc(C(=O)NCCOCCOCCOCCOCCOCCOCCOCCOCCOCCOCCOCCOCCOCCOCCOCCOCCOCCOCCOCCOCCOCCOCCOCCOCCOCCOCCOCCOCCOCCOCCOCCOCCOCCOCCOCCOCCC(=O)NCc2ccc(-c3nncnn3)cc2)cc1. The number of hydrogen-bond donors (Lipinski definition) is 2. The van der Waals surface area contributed by atoms with E-state index in [1.807, 2.05) is 24.3 Å². The Labute approximate surface area is 820 Å². The number of nitrogens with zero attached hydrogens (tertiary/aromatic N) is 5. The van der Waals surface area contributed by atoms with E-state index in [0.717, 1.165) is 11.1 Å². The molecule has 1 aromatic heterocycles. The Morgan fingerprint density at radius 2 is 0.417 bits per heavy atom. The molecule has 0 spiro atoms. The Kier molecular flexibility index (Phi) is 99.8. The predicted molar refractivity (Wildman–Crippen MR) is 500 cm³/mol. The number of nitriles is 1. The van der Waals surface area contributed by atoms with Crippen molar-refractivity contribution in [3.8, 4) is 29.3 Å². The standard InChI is InChI=1S/C94H161N7O38/c95-12-1-2-88-3-9-91(10-4-88)94(103)96-13-15-105-17-19-107-21-23-109-25-27-111-29-31-113-33-35-115-37-39-117-41-43-119-45-47-121-49-51-123-53-55-125-57-59-127-61-63-129-65-67-131-69-71-133-73-75-135-77-79-137-81-83-139-85-84-138-82-80-136-78-76-134-74-72-132-70-68-130-66-64-128-62-60-126-58-56-124-54-52-122-50-48-120-46-44-118-42-40-116-38-36-114-34-32-112-30-28-110-26-24-108-22-20-106-18-16-104-14-11-92(102)97-86-89-5-7-90(8-6-89)93-100-98-87-99-101-93/h3-10,87H,11,13-86H2,(H,96,103)(H,97,102). The molecule has 3 rings (SSSR count). The van der Waals surface area contributed by atoms with Crippen molar-refractivity contribution in [1.82, 2.24) is 31.0 Å². The van der Waals surface area contributed by atoms with Gasteiger partial charge in [0, 0.05) is 42.1 Å². The maximum atomic E-state index is 12.2. The molecule has 0 radical (unpaired) electrons. The third-order valence-electron chi connectivity index (χ3n) is 17.5. The quantitative estimate of drug-likeness (QED) is 0.0601. The summed E-state index contributed by atoms with van der Waals surface area (Å²) < 4.78 is 199. The minimum atomic E-state index is -0.209. The van der Waals surface area contributed by atoms with E-state index in [9.17, 15) is 9.59 Å². The molecule has 0 saturated carbocycles. The van der Waals surface area contributed by atoms with Crippen LogP contribution >= 0.6 is 0 Å². The molecule has 1 heterocycles. The highest BCUT2D eigenvalue weighted by atomic mass is 16.6. The molecule has 0 unspecified atom stereocenters.